The normalized spacial score (nSPS) is 9.33. The van der Waals surface area contributed by atoms with Crippen LogP contribution in [-0.4, -0.2) is 11.1 Å². The number of carbonyl (C=O) groups is 1. The Bertz CT molecular complexity index is 79.0. The third-order valence-corrected chi connectivity index (χ3v) is 1.14. The molecule has 0 saturated heterocycles. The van der Waals surface area contributed by atoms with Crippen LogP contribution in [0.5, 0.6) is 0 Å². The maximum absolute atomic E-state index is 9.95. The van der Waals surface area contributed by atoms with Crippen molar-refractivity contribution in [3.8, 4) is 0 Å². The van der Waals surface area contributed by atoms with Gasteiger partial charge in [0.15, 0.2) is 0 Å². The van der Waals surface area contributed by atoms with Gasteiger partial charge in [-0.05, 0) is 19.3 Å². The number of hydrogen-bond acceptors (Lipinski definition) is 1. The lowest BCUT2D eigenvalue weighted by molar-refractivity contribution is -0.137. The number of unbranched alkanes of at least 4 members (excludes halogenated alkanes) is 3. The second-order valence-electron chi connectivity index (χ2n) is 2.06. The zero-order valence-electron chi connectivity index (χ0n) is 5.60. The van der Waals surface area contributed by atoms with Crippen molar-refractivity contribution in [1.82, 2.24) is 0 Å². The van der Waals surface area contributed by atoms with Crippen molar-refractivity contribution in [2.45, 2.75) is 32.1 Å². The van der Waals surface area contributed by atoms with Crippen LogP contribution in [0.4, 0.5) is 0 Å². The van der Waals surface area contributed by atoms with Crippen molar-refractivity contribution in [1.29, 1.82) is 0 Å². The predicted molar refractivity (Wildman–Crippen MR) is 36.1 cm³/mol. The molecule has 0 aliphatic rings. The molecule has 0 aliphatic carbocycles. The van der Waals surface area contributed by atoms with Gasteiger partial charge in [-0.2, -0.15) is 0 Å². The fourth-order valence-corrected chi connectivity index (χ4v) is 0.630. The molecule has 0 bridgehead atoms. The van der Waals surface area contributed by atoms with E-state index in [1.165, 1.54) is 0 Å². The first-order chi connectivity index (χ1) is 4.27. The average Bonchev–Trinajstić information content (AvgIpc) is 1.80. The molecule has 0 radical (unpaired) electrons. The first-order valence-corrected chi connectivity index (χ1v) is 3.28. The highest BCUT2D eigenvalue weighted by atomic mass is 16.4. The van der Waals surface area contributed by atoms with Gasteiger partial charge in [0.2, 0.25) is 0 Å². The van der Waals surface area contributed by atoms with Crippen molar-refractivity contribution < 1.29 is 9.90 Å². The van der Waals surface area contributed by atoms with Gasteiger partial charge in [0.1, 0.15) is 0 Å². The van der Waals surface area contributed by atoms with Gasteiger partial charge < -0.3 is 5.11 Å². The summed E-state index contributed by atoms with van der Waals surface area (Å²) in [5.41, 5.74) is 0. The summed E-state index contributed by atoms with van der Waals surface area (Å²) in [4.78, 5) is 9.95. The zero-order chi connectivity index (χ0) is 7.11. The molecular weight excluding hydrogens is 116 g/mol. The van der Waals surface area contributed by atoms with E-state index in [0.717, 1.165) is 25.7 Å². The lowest BCUT2D eigenvalue weighted by Gasteiger charge is -1.90. The Morgan fingerprint density at radius 2 is 2.00 bits per heavy atom. The van der Waals surface area contributed by atoms with E-state index < -0.39 is 5.97 Å². The van der Waals surface area contributed by atoms with Crippen LogP contribution in [0.25, 0.3) is 0 Å². The number of rotatable bonds is 5. The molecule has 0 rings (SSSR count). The van der Waals surface area contributed by atoms with E-state index in [1.807, 2.05) is 0 Å². The van der Waals surface area contributed by atoms with Crippen LogP contribution in [0, 0.1) is 6.92 Å². The maximum atomic E-state index is 9.95. The molecule has 9 heavy (non-hydrogen) atoms. The third kappa shape index (κ3) is 7.34. The number of aliphatic carboxylic acids is 1. The molecule has 0 aliphatic heterocycles. The molecule has 0 saturated carbocycles. The summed E-state index contributed by atoms with van der Waals surface area (Å²) in [6, 6.07) is 0. The lowest BCUT2D eigenvalue weighted by Crippen LogP contribution is -1.93. The minimum atomic E-state index is -0.695. The Morgan fingerprint density at radius 1 is 1.33 bits per heavy atom. The van der Waals surface area contributed by atoms with Gasteiger partial charge in [0, 0.05) is 6.42 Å². The van der Waals surface area contributed by atoms with Crippen LogP contribution < -0.4 is 0 Å². The SMILES string of the molecule is [CH2+]CCCCCC(=O)O. The highest BCUT2D eigenvalue weighted by Crippen LogP contribution is 2.01. The van der Waals surface area contributed by atoms with Crippen LogP contribution in [0.1, 0.15) is 32.1 Å². The van der Waals surface area contributed by atoms with Crippen LogP contribution in [0.2, 0.25) is 0 Å². The first-order valence-electron chi connectivity index (χ1n) is 3.28. The molecule has 0 aromatic carbocycles. The Kier molecular flexibility index (Phi) is 5.07. The summed E-state index contributed by atoms with van der Waals surface area (Å²) < 4.78 is 0. The molecule has 0 unspecified atom stereocenters. The minimum absolute atomic E-state index is 0.306. The molecule has 2 heteroatoms. The van der Waals surface area contributed by atoms with Crippen molar-refractivity contribution in [2.24, 2.45) is 0 Å². The van der Waals surface area contributed by atoms with Gasteiger partial charge in [0.25, 0.3) is 0 Å². The highest BCUT2D eigenvalue weighted by Gasteiger charge is 1.95. The molecule has 0 spiro atoms. The average molecular weight is 129 g/mol. The van der Waals surface area contributed by atoms with E-state index in [-0.39, 0.29) is 0 Å². The van der Waals surface area contributed by atoms with Gasteiger partial charge in [-0.3, -0.25) is 4.79 Å². The molecule has 0 amide bonds. The monoisotopic (exact) mass is 129 g/mol. The molecule has 1 N–H and O–H groups in total. The summed E-state index contributed by atoms with van der Waals surface area (Å²) >= 11 is 0. The molecule has 2 nitrogen and oxygen atoms in total. The van der Waals surface area contributed by atoms with Crippen molar-refractivity contribution in [2.75, 3.05) is 0 Å². The molecule has 0 aromatic heterocycles. The van der Waals surface area contributed by atoms with Crippen molar-refractivity contribution in [3.63, 3.8) is 0 Å². The van der Waals surface area contributed by atoms with E-state index in [1.54, 1.807) is 0 Å². The summed E-state index contributed by atoms with van der Waals surface area (Å²) in [6.07, 6.45) is 4.06. The van der Waals surface area contributed by atoms with E-state index in [2.05, 4.69) is 6.92 Å². The van der Waals surface area contributed by atoms with Crippen LogP contribution in [-0.2, 0) is 4.79 Å². The molecule has 0 aromatic rings. The topological polar surface area (TPSA) is 37.3 Å². The smallest absolute Gasteiger partial charge is 0.303 e. The maximum Gasteiger partial charge on any atom is 0.303 e. The van der Waals surface area contributed by atoms with Crippen LogP contribution in [0.3, 0.4) is 0 Å². The number of carboxylic acid groups (broad SMARTS) is 1. The van der Waals surface area contributed by atoms with Crippen LogP contribution >= 0.6 is 0 Å². The van der Waals surface area contributed by atoms with Crippen molar-refractivity contribution >= 4 is 5.97 Å². The van der Waals surface area contributed by atoms with Gasteiger partial charge in [0.05, 0.1) is 13.3 Å². The Hall–Kier alpha value is -0.660. The van der Waals surface area contributed by atoms with Gasteiger partial charge in [-0.1, -0.05) is 0 Å². The van der Waals surface area contributed by atoms with E-state index in [9.17, 15) is 4.79 Å². The van der Waals surface area contributed by atoms with E-state index >= 15 is 0 Å². The molecule has 0 heterocycles. The summed E-state index contributed by atoms with van der Waals surface area (Å²) in [5, 5.41) is 8.20. The highest BCUT2D eigenvalue weighted by molar-refractivity contribution is 5.66. The van der Waals surface area contributed by atoms with Gasteiger partial charge in [-0.15, -0.1) is 0 Å². The fraction of sp³-hybridized carbons (Fsp3) is 0.714. The minimum Gasteiger partial charge on any atom is -0.481 e. The molecule has 0 fully saturated rings. The summed E-state index contributed by atoms with van der Waals surface area (Å²) in [6.45, 7) is 3.65. The largest absolute Gasteiger partial charge is 0.481 e. The van der Waals surface area contributed by atoms with E-state index in [0.29, 0.717) is 6.42 Å². The summed E-state index contributed by atoms with van der Waals surface area (Å²) in [7, 11) is 0. The van der Waals surface area contributed by atoms with Crippen LogP contribution in [0.15, 0.2) is 0 Å². The predicted octanol–water partition coefficient (Wildman–Crippen LogP) is 1.86. The summed E-state index contributed by atoms with van der Waals surface area (Å²) in [5.74, 6) is -0.695. The standard InChI is InChI=1S/C7H12O2/c1-2-3-4-5-6-7(8)9/h1-6H2/p+1. The van der Waals surface area contributed by atoms with Crippen molar-refractivity contribution in [3.05, 3.63) is 6.92 Å². The lowest BCUT2D eigenvalue weighted by atomic mass is 10.2. The zero-order valence-corrected chi connectivity index (χ0v) is 5.60. The quantitative estimate of drug-likeness (QED) is 0.454. The number of hydrogen-bond donors (Lipinski definition) is 1. The number of carboxylic acids is 1. The molecule has 0 atom stereocenters. The van der Waals surface area contributed by atoms with Gasteiger partial charge in [-0.25, -0.2) is 0 Å². The Labute approximate surface area is 55.9 Å². The second kappa shape index (κ2) is 5.48. The van der Waals surface area contributed by atoms with Gasteiger partial charge >= 0.3 is 5.97 Å². The second-order valence-corrected chi connectivity index (χ2v) is 2.06. The Morgan fingerprint density at radius 3 is 2.44 bits per heavy atom. The molecule has 52 valence electrons. The Balaban J connectivity index is 2.83. The third-order valence-electron chi connectivity index (χ3n) is 1.14. The first kappa shape index (κ1) is 8.34. The van der Waals surface area contributed by atoms with E-state index in [4.69, 9.17) is 5.11 Å². The molecular formula is C7H13O2+. The fourth-order valence-electron chi connectivity index (χ4n) is 0.630.